The van der Waals surface area contributed by atoms with Gasteiger partial charge in [0.1, 0.15) is 16.5 Å². The second-order valence-electron chi connectivity index (χ2n) is 9.98. The fraction of sp³-hybridized carbons (Fsp3) is 0.414. The Balaban J connectivity index is 1.55. The molecule has 4 rings (SSSR count). The van der Waals surface area contributed by atoms with Crippen LogP contribution in [-0.2, 0) is 16.8 Å². The van der Waals surface area contributed by atoms with E-state index in [4.69, 9.17) is 4.74 Å². The van der Waals surface area contributed by atoms with Gasteiger partial charge in [-0.1, -0.05) is 49.4 Å². The van der Waals surface area contributed by atoms with E-state index in [1.807, 2.05) is 60.6 Å². The molecule has 2 aromatic carbocycles. The van der Waals surface area contributed by atoms with Gasteiger partial charge in [-0.25, -0.2) is 9.29 Å². The molecule has 1 atom stereocenters. The lowest BCUT2D eigenvalue weighted by Gasteiger charge is -2.28. The molecule has 1 saturated carbocycles. The van der Waals surface area contributed by atoms with Crippen molar-refractivity contribution in [1.82, 2.24) is 18.9 Å². The molecule has 0 radical (unpaired) electrons. The van der Waals surface area contributed by atoms with Gasteiger partial charge < -0.3 is 9.64 Å². The van der Waals surface area contributed by atoms with Gasteiger partial charge in [0, 0.05) is 23.6 Å². The van der Waals surface area contributed by atoms with E-state index < -0.39 is 5.41 Å². The van der Waals surface area contributed by atoms with Crippen molar-refractivity contribution in [2.24, 2.45) is 0 Å². The summed E-state index contributed by atoms with van der Waals surface area (Å²) in [5, 5.41) is 0.772. The number of hydrogen-bond acceptors (Lipinski definition) is 7. The third-order valence-corrected chi connectivity index (χ3v) is 8.59. The molecule has 9 heteroatoms. The van der Waals surface area contributed by atoms with Crippen LogP contribution in [0.15, 0.2) is 54.6 Å². The first kappa shape index (κ1) is 28.1. The molecule has 2 amide bonds. The van der Waals surface area contributed by atoms with Gasteiger partial charge in [-0.05, 0) is 69.5 Å². The van der Waals surface area contributed by atoms with E-state index in [9.17, 15) is 9.59 Å². The Bertz CT molecular complexity index is 1240. The first-order valence-corrected chi connectivity index (χ1v) is 14.4. The van der Waals surface area contributed by atoms with E-state index >= 15 is 0 Å². The van der Waals surface area contributed by atoms with Crippen LogP contribution in [0, 0.1) is 6.92 Å². The number of amides is 2. The number of rotatable bonds is 12. The van der Waals surface area contributed by atoms with Crippen LogP contribution in [0.2, 0.25) is 0 Å². The predicted octanol–water partition coefficient (Wildman–Crippen LogP) is 5.57. The van der Waals surface area contributed by atoms with Crippen LogP contribution in [0.25, 0.3) is 0 Å². The highest BCUT2D eigenvalue weighted by Gasteiger charge is 2.53. The number of aryl methyl sites for hydroxylation is 1. The molecule has 202 valence electrons. The van der Waals surface area contributed by atoms with Crippen molar-refractivity contribution in [3.63, 3.8) is 0 Å². The molecule has 1 unspecified atom stereocenters. The number of aromatic nitrogens is 1. The van der Waals surface area contributed by atoms with Crippen molar-refractivity contribution in [1.29, 1.82) is 0 Å². The lowest BCUT2D eigenvalue weighted by Crippen LogP contribution is -2.40. The van der Waals surface area contributed by atoms with Gasteiger partial charge in [-0.15, -0.1) is 11.3 Å². The summed E-state index contributed by atoms with van der Waals surface area (Å²) in [4.78, 5) is 34.3. The van der Waals surface area contributed by atoms with Crippen LogP contribution in [-0.4, -0.2) is 53.8 Å². The summed E-state index contributed by atoms with van der Waals surface area (Å²) in [6.07, 6.45) is 2.50. The highest BCUT2D eigenvalue weighted by Crippen LogP contribution is 2.50. The number of hydrogen-bond donors (Lipinski definition) is 1. The summed E-state index contributed by atoms with van der Waals surface area (Å²) in [5.41, 5.74) is 2.21. The molecule has 0 spiro atoms. The van der Waals surface area contributed by atoms with E-state index in [0.717, 1.165) is 40.5 Å². The van der Waals surface area contributed by atoms with Crippen molar-refractivity contribution in [3.05, 3.63) is 81.3 Å². The SMILES string of the molecule is COc1ccc(C2(C(=O)N(CCC(C)c3ccccc3)Cc3nc(C(=O)NSN(C)C)c(C)s3)CC2)cc1. The van der Waals surface area contributed by atoms with Gasteiger partial charge in [0.2, 0.25) is 5.91 Å². The molecule has 1 N–H and O–H groups in total. The molecule has 0 saturated heterocycles. The number of thiazole rings is 1. The van der Waals surface area contributed by atoms with Crippen molar-refractivity contribution in [2.75, 3.05) is 27.7 Å². The number of carbonyl (C=O) groups is 2. The molecule has 1 heterocycles. The largest absolute Gasteiger partial charge is 0.497 e. The van der Waals surface area contributed by atoms with E-state index in [0.29, 0.717) is 24.7 Å². The van der Waals surface area contributed by atoms with Gasteiger partial charge in [-0.2, -0.15) is 0 Å². The maximum absolute atomic E-state index is 14.1. The Labute approximate surface area is 233 Å². The topological polar surface area (TPSA) is 74.8 Å². The van der Waals surface area contributed by atoms with Crippen LogP contribution in [0.5, 0.6) is 5.75 Å². The Morgan fingerprint density at radius 1 is 1.13 bits per heavy atom. The zero-order chi connectivity index (χ0) is 27.3. The molecular formula is C29H36N4O3S2. The smallest absolute Gasteiger partial charge is 0.281 e. The summed E-state index contributed by atoms with van der Waals surface area (Å²) in [6.45, 7) is 5.10. The van der Waals surface area contributed by atoms with E-state index in [2.05, 4.69) is 40.9 Å². The normalized spacial score (nSPS) is 14.7. The molecule has 0 bridgehead atoms. The zero-order valence-corrected chi connectivity index (χ0v) is 24.3. The first-order valence-electron chi connectivity index (χ1n) is 12.8. The molecule has 38 heavy (non-hydrogen) atoms. The lowest BCUT2D eigenvalue weighted by atomic mass is 9.93. The average Bonchev–Trinajstić information content (AvgIpc) is 3.66. The maximum atomic E-state index is 14.1. The summed E-state index contributed by atoms with van der Waals surface area (Å²) < 4.78 is 9.94. The molecule has 0 aliphatic heterocycles. The number of nitrogens with one attached hydrogen (secondary N) is 1. The van der Waals surface area contributed by atoms with Crippen LogP contribution in [0.3, 0.4) is 0 Å². The third kappa shape index (κ3) is 6.57. The summed E-state index contributed by atoms with van der Waals surface area (Å²) >= 11 is 2.70. The minimum Gasteiger partial charge on any atom is -0.497 e. The van der Waals surface area contributed by atoms with Crippen molar-refractivity contribution in [3.8, 4) is 5.75 Å². The van der Waals surface area contributed by atoms with Crippen molar-refractivity contribution < 1.29 is 14.3 Å². The van der Waals surface area contributed by atoms with Gasteiger partial charge in [0.25, 0.3) is 5.91 Å². The molecule has 7 nitrogen and oxygen atoms in total. The van der Waals surface area contributed by atoms with Gasteiger partial charge in [0.05, 0.1) is 19.1 Å². The number of nitrogens with zero attached hydrogens (tertiary/aromatic N) is 3. The average molecular weight is 553 g/mol. The fourth-order valence-corrected chi connectivity index (χ4v) is 5.90. The Morgan fingerprint density at radius 3 is 2.42 bits per heavy atom. The highest BCUT2D eigenvalue weighted by molar-refractivity contribution is 7.95. The standard InChI is InChI=1S/C29H36N4O3S2/c1-20(22-9-7-6-8-10-22)15-18-33(19-25-30-26(21(2)37-25)27(34)31-38-32(3)4)28(35)29(16-17-29)23-11-13-24(36-5)14-12-23/h6-14,20H,15-19H2,1-5H3,(H,31,34). The lowest BCUT2D eigenvalue weighted by molar-refractivity contribution is -0.134. The van der Waals surface area contributed by atoms with Crippen LogP contribution in [0.1, 0.15) is 63.6 Å². The molecular weight excluding hydrogens is 516 g/mol. The minimum absolute atomic E-state index is 0.130. The summed E-state index contributed by atoms with van der Waals surface area (Å²) in [7, 11) is 5.37. The second-order valence-corrected chi connectivity index (χ2v) is 12.4. The summed E-state index contributed by atoms with van der Waals surface area (Å²) in [5.74, 6) is 0.994. The Kier molecular flexibility index (Phi) is 9.12. The van der Waals surface area contributed by atoms with Crippen molar-refractivity contribution in [2.45, 2.75) is 51.0 Å². The molecule has 3 aromatic rings. The highest BCUT2D eigenvalue weighted by atomic mass is 32.2. The van der Waals surface area contributed by atoms with Crippen LogP contribution >= 0.6 is 23.5 Å². The van der Waals surface area contributed by atoms with Crippen molar-refractivity contribution >= 4 is 35.3 Å². The maximum Gasteiger partial charge on any atom is 0.281 e. The van der Waals surface area contributed by atoms with Gasteiger partial charge in [-0.3, -0.25) is 14.3 Å². The van der Waals surface area contributed by atoms with E-state index in [1.54, 1.807) is 7.11 Å². The zero-order valence-electron chi connectivity index (χ0n) is 22.7. The first-order chi connectivity index (χ1) is 18.2. The summed E-state index contributed by atoms with van der Waals surface area (Å²) in [6, 6.07) is 18.3. The number of methoxy groups -OCH3 is 1. The van der Waals surface area contributed by atoms with E-state index in [1.165, 1.54) is 29.0 Å². The quantitative estimate of drug-likeness (QED) is 0.296. The number of ether oxygens (including phenoxy) is 1. The number of benzene rings is 2. The third-order valence-electron chi connectivity index (χ3n) is 6.99. The molecule has 1 aliphatic rings. The van der Waals surface area contributed by atoms with Gasteiger partial charge >= 0.3 is 0 Å². The second kappa shape index (κ2) is 12.3. The Hall–Kier alpha value is -2.88. The van der Waals surface area contributed by atoms with Gasteiger partial charge in [0.15, 0.2) is 0 Å². The molecule has 1 aliphatic carbocycles. The van der Waals surface area contributed by atoms with E-state index in [-0.39, 0.29) is 11.8 Å². The van der Waals surface area contributed by atoms with Crippen LogP contribution < -0.4 is 9.46 Å². The van der Waals surface area contributed by atoms with Crippen LogP contribution in [0.4, 0.5) is 0 Å². The molecule has 1 aromatic heterocycles. The predicted molar refractivity (Wildman–Crippen MR) is 154 cm³/mol. The Morgan fingerprint density at radius 2 is 1.82 bits per heavy atom. The number of carbonyl (C=O) groups excluding carboxylic acids is 2. The fourth-order valence-electron chi connectivity index (χ4n) is 4.59. The monoisotopic (exact) mass is 552 g/mol. The molecule has 1 fully saturated rings. The minimum atomic E-state index is -0.503.